The van der Waals surface area contributed by atoms with Crippen molar-refractivity contribution in [2.45, 2.75) is 0 Å². The highest BCUT2D eigenvalue weighted by Crippen LogP contribution is 2.11. The Morgan fingerprint density at radius 3 is 2.55 bits per heavy atom. The van der Waals surface area contributed by atoms with Crippen LogP contribution in [0.15, 0.2) is 15.8 Å². The monoisotopic (exact) mass is 280 g/mol. The maximum Gasteiger partial charge on any atom is 0.360 e. The number of aryl methyl sites for hydroxylation is 1. The van der Waals surface area contributed by atoms with E-state index in [4.69, 9.17) is 5.73 Å². The van der Waals surface area contributed by atoms with Crippen LogP contribution in [0.3, 0.4) is 0 Å². The summed E-state index contributed by atoms with van der Waals surface area (Å²) >= 11 is 0. The van der Waals surface area contributed by atoms with Gasteiger partial charge in [-0.25, -0.2) is 19.0 Å². The van der Waals surface area contributed by atoms with E-state index in [9.17, 15) is 14.4 Å². The van der Waals surface area contributed by atoms with Crippen LogP contribution < -0.4 is 17.0 Å². The second kappa shape index (κ2) is 4.64. The van der Waals surface area contributed by atoms with Gasteiger partial charge in [-0.2, -0.15) is 5.10 Å². The predicted octanol–water partition coefficient (Wildman–Crippen LogP) is -1.97. The molecule has 0 saturated heterocycles. The van der Waals surface area contributed by atoms with Crippen LogP contribution in [0.2, 0.25) is 0 Å². The van der Waals surface area contributed by atoms with Crippen LogP contribution in [-0.2, 0) is 18.8 Å². The lowest BCUT2D eigenvalue weighted by molar-refractivity contribution is 0.0594. The minimum Gasteiger partial charge on any atom is -0.464 e. The Hall–Kier alpha value is -2.91. The Kier molecular flexibility index (Phi) is 3.14. The molecule has 0 fully saturated rings. The third kappa shape index (κ3) is 1.96. The Bertz CT molecular complexity index is 799. The Morgan fingerprint density at radius 2 is 1.95 bits per heavy atom. The van der Waals surface area contributed by atoms with Crippen molar-refractivity contribution in [3.05, 3.63) is 32.7 Å². The molecule has 0 aliphatic carbocycles. The van der Waals surface area contributed by atoms with Gasteiger partial charge in [-0.05, 0) is 0 Å². The van der Waals surface area contributed by atoms with Gasteiger partial charge in [0.05, 0.1) is 19.0 Å². The number of hydrogen-bond donors (Lipinski definition) is 1. The van der Waals surface area contributed by atoms with E-state index in [1.807, 2.05) is 0 Å². The number of nitrogens with zero attached hydrogens (tertiary/aromatic N) is 5. The first-order valence-corrected chi connectivity index (χ1v) is 5.45. The summed E-state index contributed by atoms with van der Waals surface area (Å²) in [6, 6.07) is 0. The molecule has 10 heteroatoms. The number of anilines is 1. The van der Waals surface area contributed by atoms with Gasteiger partial charge >= 0.3 is 17.2 Å². The summed E-state index contributed by atoms with van der Waals surface area (Å²) in [7, 11) is 3.88. The Balaban J connectivity index is 2.68. The van der Waals surface area contributed by atoms with Gasteiger partial charge in [0.15, 0.2) is 5.69 Å². The van der Waals surface area contributed by atoms with E-state index in [1.165, 1.54) is 27.4 Å². The molecule has 2 aromatic heterocycles. The van der Waals surface area contributed by atoms with Crippen molar-refractivity contribution in [1.29, 1.82) is 0 Å². The molecule has 0 radical (unpaired) electrons. The van der Waals surface area contributed by atoms with Gasteiger partial charge in [-0.15, -0.1) is 5.10 Å². The van der Waals surface area contributed by atoms with Gasteiger partial charge in [-0.3, -0.25) is 9.36 Å². The molecule has 0 unspecified atom stereocenters. The number of aromatic nitrogens is 5. The summed E-state index contributed by atoms with van der Waals surface area (Å²) in [6.45, 7) is 0. The zero-order valence-corrected chi connectivity index (χ0v) is 11.0. The quantitative estimate of drug-likeness (QED) is 0.632. The SMILES string of the molecule is COC(=O)c1nn(-c2nn(C)c(=O)n(C)c2=O)cc1N. The topological polar surface area (TPSA) is 127 Å². The van der Waals surface area contributed by atoms with E-state index in [1.54, 1.807) is 0 Å². The van der Waals surface area contributed by atoms with E-state index >= 15 is 0 Å². The van der Waals surface area contributed by atoms with E-state index < -0.39 is 17.2 Å². The fourth-order valence-corrected chi connectivity index (χ4v) is 1.58. The van der Waals surface area contributed by atoms with Gasteiger partial charge in [-0.1, -0.05) is 0 Å². The smallest absolute Gasteiger partial charge is 0.360 e. The van der Waals surface area contributed by atoms with E-state index in [0.717, 1.165) is 13.9 Å². The van der Waals surface area contributed by atoms with E-state index in [-0.39, 0.29) is 17.2 Å². The molecule has 20 heavy (non-hydrogen) atoms. The molecule has 2 heterocycles. The first-order chi connectivity index (χ1) is 9.36. The molecule has 2 aromatic rings. The number of ether oxygens (including phenoxy) is 1. The van der Waals surface area contributed by atoms with Crippen LogP contribution in [-0.4, -0.2) is 37.2 Å². The molecular weight excluding hydrogens is 268 g/mol. The molecule has 0 amide bonds. The van der Waals surface area contributed by atoms with Gasteiger partial charge in [0.1, 0.15) is 0 Å². The van der Waals surface area contributed by atoms with Gasteiger partial charge in [0.25, 0.3) is 0 Å². The molecule has 10 nitrogen and oxygen atoms in total. The molecule has 0 aliphatic heterocycles. The Morgan fingerprint density at radius 1 is 1.30 bits per heavy atom. The number of nitrogen functional groups attached to an aromatic ring is 1. The summed E-state index contributed by atoms with van der Waals surface area (Å²) in [5.74, 6) is -0.889. The van der Waals surface area contributed by atoms with Crippen LogP contribution >= 0.6 is 0 Å². The fourth-order valence-electron chi connectivity index (χ4n) is 1.58. The molecule has 0 aromatic carbocycles. The van der Waals surface area contributed by atoms with Crippen molar-refractivity contribution in [2.24, 2.45) is 14.1 Å². The second-order valence-electron chi connectivity index (χ2n) is 3.96. The van der Waals surface area contributed by atoms with Crippen LogP contribution in [0.4, 0.5) is 5.69 Å². The van der Waals surface area contributed by atoms with E-state index in [2.05, 4.69) is 14.9 Å². The van der Waals surface area contributed by atoms with Crippen LogP contribution in [0.25, 0.3) is 5.82 Å². The number of carbonyl (C=O) groups is 1. The molecule has 0 saturated carbocycles. The maximum atomic E-state index is 12.0. The number of methoxy groups -OCH3 is 1. The molecule has 0 bridgehead atoms. The normalized spacial score (nSPS) is 10.6. The zero-order valence-electron chi connectivity index (χ0n) is 11.0. The van der Waals surface area contributed by atoms with Crippen LogP contribution in [0.5, 0.6) is 0 Å². The molecule has 106 valence electrons. The summed E-state index contributed by atoms with van der Waals surface area (Å²) < 4.78 is 7.39. The molecule has 0 aliphatic rings. The zero-order chi connectivity index (χ0) is 15.0. The molecule has 2 rings (SSSR count). The number of carbonyl (C=O) groups excluding carboxylic acids is 1. The van der Waals surface area contributed by atoms with Crippen molar-refractivity contribution >= 4 is 11.7 Å². The standard InChI is InChI=1S/C10H12N6O4/c1-14-8(17)7(13-15(2)10(14)19)16-4-5(11)6(12-16)9(18)20-3/h4H,11H2,1-3H3. The first kappa shape index (κ1) is 13.5. The average Bonchev–Trinajstić information content (AvgIpc) is 2.81. The lowest BCUT2D eigenvalue weighted by Gasteiger charge is -2.04. The van der Waals surface area contributed by atoms with Crippen molar-refractivity contribution in [1.82, 2.24) is 24.1 Å². The van der Waals surface area contributed by atoms with Crippen molar-refractivity contribution in [3.63, 3.8) is 0 Å². The number of nitrogens with two attached hydrogens (primary N) is 1. The summed E-state index contributed by atoms with van der Waals surface area (Å²) in [6.07, 6.45) is 1.25. The number of rotatable bonds is 2. The highest BCUT2D eigenvalue weighted by Gasteiger charge is 2.19. The predicted molar refractivity (Wildman–Crippen MR) is 67.6 cm³/mol. The highest BCUT2D eigenvalue weighted by molar-refractivity contribution is 5.92. The van der Waals surface area contributed by atoms with Crippen molar-refractivity contribution in [2.75, 3.05) is 12.8 Å². The van der Waals surface area contributed by atoms with Crippen LogP contribution in [0, 0.1) is 0 Å². The molecule has 0 spiro atoms. The third-order valence-electron chi connectivity index (χ3n) is 2.64. The van der Waals surface area contributed by atoms with Gasteiger partial charge < -0.3 is 10.5 Å². The van der Waals surface area contributed by atoms with E-state index in [0.29, 0.717) is 0 Å². The average molecular weight is 280 g/mol. The minimum atomic E-state index is -0.733. The summed E-state index contributed by atoms with van der Waals surface area (Å²) in [4.78, 5) is 34.9. The minimum absolute atomic E-state index is 0.0366. The molecule has 2 N–H and O–H groups in total. The Labute approximate surface area is 112 Å². The van der Waals surface area contributed by atoms with Crippen molar-refractivity contribution in [3.8, 4) is 5.82 Å². The number of esters is 1. The van der Waals surface area contributed by atoms with Crippen LogP contribution in [0.1, 0.15) is 10.5 Å². The molecular formula is C10H12N6O4. The lowest BCUT2D eigenvalue weighted by Crippen LogP contribution is -2.40. The number of hydrogen-bond acceptors (Lipinski definition) is 7. The summed E-state index contributed by atoms with van der Waals surface area (Å²) in [5.41, 5.74) is 4.29. The second-order valence-corrected chi connectivity index (χ2v) is 3.96. The summed E-state index contributed by atoms with van der Waals surface area (Å²) in [5, 5.41) is 7.66. The fraction of sp³-hybridized carbons (Fsp3) is 0.300. The first-order valence-electron chi connectivity index (χ1n) is 5.45. The van der Waals surface area contributed by atoms with Gasteiger partial charge in [0, 0.05) is 14.1 Å². The third-order valence-corrected chi connectivity index (χ3v) is 2.64. The maximum absolute atomic E-state index is 12.0. The largest absolute Gasteiger partial charge is 0.464 e. The van der Waals surface area contributed by atoms with Crippen molar-refractivity contribution < 1.29 is 9.53 Å². The lowest BCUT2D eigenvalue weighted by atomic mass is 10.4. The highest BCUT2D eigenvalue weighted by atomic mass is 16.5. The van der Waals surface area contributed by atoms with Gasteiger partial charge in [0.2, 0.25) is 5.82 Å². The molecule has 0 atom stereocenters.